The summed E-state index contributed by atoms with van der Waals surface area (Å²) in [5.41, 5.74) is 2.95. The van der Waals surface area contributed by atoms with Gasteiger partial charge in [-0.25, -0.2) is 4.98 Å². The number of benzene rings is 1. The number of imidazole rings is 1. The van der Waals surface area contributed by atoms with Gasteiger partial charge in [-0.15, -0.1) is 0 Å². The molecule has 0 unspecified atom stereocenters. The molecule has 0 aliphatic carbocycles. The van der Waals surface area contributed by atoms with Gasteiger partial charge in [-0.3, -0.25) is 0 Å². The fourth-order valence-electron chi connectivity index (χ4n) is 2.11. The first-order valence-corrected chi connectivity index (χ1v) is 6.39. The monoisotopic (exact) mass is 272 g/mol. The number of hydrogen-bond donors (Lipinski definition) is 0. The van der Waals surface area contributed by atoms with Gasteiger partial charge in [0.15, 0.2) is 5.65 Å². The highest BCUT2D eigenvalue weighted by molar-refractivity contribution is 6.33. The number of nitrogens with zero attached hydrogens (tertiary/aromatic N) is 2. The zero-order chi connectivity index (χ0) is 13.2. The van der Waals surface area contributed by atoms with E-state index >= 15 is 0 Å². The molecule has 3 nitrogen and oxygen atoms in total. The molecule has 3 rings (SSSR count). The third-order valence-electron chi connectivity index (χ3n) is 3.00. The molecule has 96 valence electrons. The van der Waals surface area contributed by atoms with Gasteiger partial charge in [0.25, 0.3) is 0 Å². The van der Waals surface area contributed by atoms with E-state index in [9.17, 15) is 0 Å². The van der Waals surface area contributed by atoms with Crippen LogP contribution in [-0.2, 0) is 6.42 Å². The van der Waals surface area contributed by atoms with E-state index in [4.69, 9.17) is 16.3 Å². The maximum absolute atomic E-state index is 6.12. The van der Waals surface area contributed by atoms with E-state index in [2.05, 4.69) is 11.1 Å². The van der Waals surface area contributed by atoms with Gasteiger partial charge in [-0.2, -0.15) is 0 Å². The standard InChI is InChI=1S/C15H13ClN2O/c1-19-13-5-2-4-11(9-13)8-12-10-18-7-3-6-14(16)15(18)17-12/h2-7,9-10H,8H2,1H3. The van der Waals surface area contributed by atoms with Gasteiger partial charge in [0.05, 0.1) is 17.8 Å². The van der Waals surface area contributed by atoms with Crippen molar-refractivity contribution in [1.82, 2.24) is 9.38 Å². The Bertz CT molecular complexity index is 721. The third kappa shape index (κ3) is 2.42. The van der Waals surface area contributed by atoms with E-state index in [1.165, 1.54) is 5.56 Å². The lowest BCUT2D eigenvalue weighted by molar-refractivity contribution is 0.414. The van der Waals surface area contributed by atoms with Gasteiger partial charge in [0.2, 0.25) is 0 Å². The topological polar surface area (TPSA) is 26.5 Å². The molecule has 0 fully saturated rings. The molecule has 0 bridgehead atoms. The van der Waals surface area contributed by atoms with Crippen LogP contribution in [0.2, 0.25) is 5.02 Å². The fraction of sp³-hybridized carbons (Fsp3) is 0.133. The van der Waals surface area contributed by atoms with Crippen LogP contribution in [0.5, 0.6) is 5.75 Å². The summed E-state index contributed by atoms with van der Waals surface area (Å²) in [4.78, 5) is 4.55. The zero-order valence-corrected chi connectivity index (χ0v) is 11.3. The molecule has 3 aromatic rings. The highest BCUT2D eigenvalue weighted by atomic mass is 35.5. The molecule has 0 saturated heterocycles. The van der Waals surface area contributed by atoms with Gasteiger partial charge in [0.1, 0.15) is 5.75 Å². The average molecular weight is 273 g/mol. The number of rotatable bonds is 3. The van der Waals surface area contributed by atoms with Crippen LogP contribution >= 0.6 is 11.6 Å². The summed E-state index contributed by atoms with van der Waals surface area (Å²) >= 11 is 6.12. The fourth-order valence-corrected chi connectivity index (χ4v) is 2.32. The lowest BCUT2D eigenvalue weighted by Crippen LogP contribution is -1.89. The minimum Gasteiger partial charge on any atom is -0.497 e. The van der Waals surface area contributed by atoms with Crippen molar-refractivity contribution in [1.29, 1.82) is 0 Å². The van der Waals surface area contributed by atoms with Crippen LogP contribution in [0.15, 0.2) is 48.8 Å². The Kier molecular flexibility index (Phi) is 3.13. The number of halogens is 1. The Morgan fingerprint density at radius 1 is 1.26 bits per heavy atom. The van der Waals surface area contributed by atoms with Crippen LogP contribution in [-0.4, -0.2) is 16.5 Å². The maximum Gasteiger partial charge on any atom is 0.155 e. The molecule has 0 N–H and O–H groups in total. The minimum absolute atomic E-state index is 0.666. The molecule has 0 aliphatic heterocycles. The molecule has 0 amide bonds. The smallest absolute Gasteiger partial charge is 0.155 e. The maximum atomic E-state index is 6.12. The number of methoxy groups -OCH3 is 1. The number of ether oxygens (including phenoxy) is 1. The van der Waals surface area contributed by atoms with Crippen molar-refractivity contribution in [2.45, 2.75) is 6.42 Å². The van der Waals surface area contributed by atoms with Crippen LogP contribution in [0.3, 0.4) is 0 Å². The number of aromatic nitrogens is 2. The van der Waals surface area contributed by atoms with Crippen molar-refractivity contribution in [2.75, 3.05) is 7.11 Å². The van der Waals surface area contributed by atoms with Crippen LogP contribution in [0.4, 0.5) is 0 Å². The second-order valence-corrected chi connectivity index (χ2v) is 4.75. The molecule has 4 heteroatoms. The summed E-state index contributed by atoms with van der Waals surface area (Å²) in [6, 6.07) is 11.8. The average Bonchev–Trinajstić information content (AvgIpc) is 2.83. The van der Waals surface area contributed by atoms with E-state index < -0.39 is 0 Å². The quantitative estimate of drug-likeness (QED) is 0.728. The van der Waals surface area contributed by atoms with Gasteiger partial charge in [-0.1, -0.05) is 23.7 Å². The largest absolute Gasteiger partial charge is 0.497 e. The molecule has 2 heterocycles. The lowest BCUT2D eigenvalue weighted by atomic mass is 10.1. The van der Waals surface area contributed by atoms with E-state index in [1.54, 1.807) is 7.11 Å². The number of hydrogen-bond acceptors (Lipinski definition) is 2. The van der Waals surface area contributed by atoms with Crippen molar-refractivity contribution < 1.29 is 4.74 Å². The lowest BCUT2D eigenvalue weighted by Gasteiger charge is -2.02. The van der Waals surface area contributed by atoms with Gasteiger partial charge in [0, 0.05) is 18.8 Å². The molecule has 0 aliphatic rings. The predicted octanol–water partition coefficient (Wildman–Crippen LogP) is 3.59. The molecule has 0 radical (unpaired) electrons. The number of pyridine rings is 1. The Morgan fingerprint density at radius 2 is 2.16 bits per heavy atom. The van der Waals surface area contributed by atoms with E-state index in [0.717, 1.165) is 23.5 Å². The SMILES string of the molecule is COc1cccc(Cc2cn3cccc(Cl)c3n2)c1. The molecule has 0 spiro atoms. The second-order valence-electron chi connectivity index (χ2n) is 4.35. The van der Waals surface area contributed by atoms with Crippen molar-refractivity contribution in [3.63, 3.8) is 0 Å². The molecule has 19 heavy (non-hydrogen) atoms. The van der Waals surface area contributed by atoms with Crippen molar-refractivity contribution in [3.8, 4) is 5.75 Å². The van der Waals surface area contributed by atoms with Crippen molar-refractivity contribution in [2.24, 2.45) is 0 Å². The summed E-state index contributed by atoms with van der Waals surface area (Å²) in [6.07, 6.45) is 4.71. The molecule has 1 aromatic carbocycles. The van der Waals surface area contributed by atoms with E-state index in [1.807, 2.05) is 47.1 Å². The Hall–Kier alpha value is -2.00. The van der Waals surface area contributed by atoms with Gasteiger partial charge in [-0.05, 0) is 29.8 Å². The normalized spacial score (nSPS) is 10.8. The first-order valence-electron chi connectivity index (χ1n) is 6.01. The molecule has 0 saturated carbocycles. The highest BCUT2D eigenvalue weighted by Gasteiger charge is 2.06. The minimum atomic E-state index is 0.666. The third-order valence-corrected chi connectivity index (χ3v) is 3.30. The summed E-state index contributed by atoms with van der Waals surface area (Å²) in [7, 11) is 1.67. The van der Waals surface area contributed by atoms with Crippen molar-refractivity contribution >= 4 is 17.2 Å². The second kappa shape index (κ2) is 4.94. The summed E-state index contributed by atoms with van der Waals surface area (Å²) < 4.78 is 7.17. The van der Waals surface area contributed by atoms with Crippen LogP contribution in [0.25, 0.3) is 5.65 Å². The highest BCUT2D eigenvalue weighted by Crippen LogP contribution is 2.19. The molecule has 2 aromatic heterocycles. The van der Waals surface area contributed by atoms with Gasteiger partial charge >= 0.3 is 0 Å². The molecule has 0 atom stereocenters. The van der Waals surface area contributed by atoms with Gasteiger partial charge < -0.3 is 9.14 Å². The van der Waals surface area contributed by atoms with E-state index in [0.29, 0.717) is 5.02 Å². The predicted molar refractivity (Wildman–Crippen MR) is 76.0 cm³/mol. The first-order chi connectivity index (χ1) is 9.26. The zero-order valence-electron chi connectivity index (χ0n) is 10.5. The van der Waals surface area contributed by atoms with Crippen LogP contribution in [0.1, 0.15) is 11.3 Å². The Morgan fingerprint density at radius 3 is 2.95 bits per heavy atom. The Balaban J connectivity index is 1.94. The van der Waals surface area contributed by atoms with Crippen LogP contribution in [0, 0.1) is 0 Å². The Labute approximate surface area is 116 Å². The first kappa shape index (κ1) is 12.1. The van der Waals surface area contributed by atoms with E-state index in [-0.39, 0.29) is 0 Å². The van der Waals surface area contributed by atoms with Crippen LogP contribution < -0.4 is 4.74 Å². The van der Waals surface area contributed by atoms with Crippen molar-refractivity contribution in [3.05, 3.63) is 65.1 Å². The summed E-state index contributed by atoms with van der Waals surface area (Å²) in [6.45, 7) is 0. The summed E-state index contributed by atoms with van der Waals surface area (Å²) in [5.74, 6) is 0.860. The molecular formula is C15H13ClN2O. The molecular weight excluding hydrogens is 260 g/mol. The number of fused-ring (bicyclic) bond motifs is 1. The summed E-state index contributed by atoms with van der Waals surface area (Å²) in [5, 5.41) is 0.666.